The molecule has 2 aromatic rings. The average Bonchev–Trinajstić information content (AvgIpc) is 2.76. The molecule has 1 N–H and O–H groups in total. The first-order valence-electron chi connectivity index (χ1n) is 6.06. The Morgan fingerprint density at radius 1 is 1.17 bits per heavy atom. The minimum absolute atomic E-state index is 0.144. The molecule has 0 bridgehead atoms. The van der Waals surface area contributed by atoms with Crippen LogP contribution in [-0.4, -0.2) is 9.55 Å². The Labute approximate surface area is 107 Å². The maximum Gasteiger partial charge on any atom is 0.125 e. The molecule has 0 aliphatic heterocycles. The minimum atomic E-state index is -0.205. The van der Waals surface area contributed by atoms with Crippen molar-refractivity contribution in [2.75, 3.05) is 0 Å². The number of benzene rings is 1. The lowest BCUT2D eigenvalue weighted by Crippen LogP contribution is -2.24. The van der Waals surface area contributed by atoms with Gasteiger partial charge in [0.05, 0.1) is 6.04 Å². The molecule has 1 unspecified atom stereocenters. The molecule has 0 fully saturated rings. The van der Waals surface area contributed by atoms with Crippen LogP contribution in [-0.2, 0) is 7.05 Å². The maximum atomic E-state index is 12.9. The summed E-state index contributed by atoms with van der Waals surface area (Å²) in [5, 5.41) is 3.45. The zero-order valence-corrected chi connectivity index (χ0v) is 10.9. The zero-order valence-electron chi connectivity index (χ0n) is 10.9. The second kappa shape index (κ2) is 5.31. The third-order valence-corrected chi connectivity index (χ3v) is 3.12. The molecule has 96 valence electrons. The number of halogens is 1. The first-order valence-corrected chi connectivity index (χ1v) is 6.06. The fourth-order valence-corrected chi connectivity index (χ4v) is 2.09. The van der Waals surface area contributed by atoms with Gasteiger partial charge in [0.25, 0.3) is 0 Å². The largest absolute Gasteiger partial charge is 0.337 e. The lowest BCUT2D eigenvalue weighted by Gasteiger charge is -2.20. The van der Waals surface area contributed by atoms with Crippen molar-refractivity contribution in [3.63, 3.8) is 0 Å². The first-order chi connectivity index (χ1) is 8.58. The van der Waals surface area contributed by atoms with Gasteiger partial charge < -0.3 is 9.88 Å². The minimum Gasteiger partial charge on any atom is -0.337 e. The number of hydrogen-bond donors (Lipinski definition) is 1. The Hall–Kier alpha value is -1.68. The molecule has 18 heavy (non-hydrogen) atoms. The van der Waals surface area contributed by atoms with E-state index in [1.807, 2.05) is 17.8 Å². The normalized spacial score (nSPS) is 14.4. The fraction of sp³-hybridized carbons (Fsp3) is 0.357. The Balaban J connectivity index is 2.05. The molecular weight excluding hydrogens is 229 g/mol. The van der Waals surface area contributed by atoms with Crippen LogP contribution in [0, 0.1) is 5.82 Å². The van der Waals surface area contributed by atoms with Gasteiger partial charge in [0.1, 0.15) is 11.6 Å². The van der Waals surface area contributed by atoms with Gasteiger partial charge >= 0.3 is 0 Å². The third kappa shape index (κ3) is 2.76. The number of rotatable bonds is 4. The maximum absolute atomic E-state index is 12.9. The molecule has 0 amide bonds. The van der Waals surface area contributed by atoms with E-state index in [1.165, 1.54) is 12.1 Å². The summed E-state index contributed by atoms with van der Waals surface area (Å²) in [6.07, 6.45) is 3.71. The summed E-state index contributed by atoms with van der Waals surface area (Å²) in [5.41, 5.74) is 1.07. The summed E-state index contributed by atoms with van der Waals surface area (Å²) in [4.78, 5) is 4.32. The highest BCUT2D eigenvalue weighted by Gasteiger charge is 2.14. The van der Waals surface area contributed by atoms with Crippen molar-refractivity contribution in [1.29, 1.82) is 0 Å². The lowest BCUT2D eigenvalue weighted by molar-refractivity contribution is 0.466. The highest BCUT2D eigenvalue weighted by molar-refractivity contribution is 5.19. The van der Waals surface area contributed by atoms with E-state index in [2.05, 4.69) is 24.1 Å². The molecule has 4 heteroatoms. The van der Waals surface area contributed by atoms with Crippen LogP contribution in [0.25, 0.3) is 0 Å². The smallest absolute Gasteiger partial charge is 0.125 e. The van der Waals surface area contributed by atoms with Gasteiger partial charge in [0.15, 0.2) is 0 Å². The number of nitrogens with zero attached hydrogens (tertiary/aromatic N) is 2. The monoisotopic (exact) mass is 247 g/mol. The first kappa shape index (κ1) is 12.8. The number of aromatic nitrogens is 2. The van der Waals surface area contributed by atoms with Gasteiger partial charge in [-0.05, 0) is 31.5 Å². The lowest BCUT2D eigenvalue weighted by atomic mass is 10.1. The van der Waals surface area contributed by atoms with E-state index in [9.17, 15) is 4.39 Å². The van der Waals surface area contributed by atoms with Crippen LogP contribution in [0.4, 0.5) is 4.39 Å². The van der Waals surface area contributed by atoms with Gasteiger partial charge in [-0.1, -0.05) is 12.1 Å². The topological polar surface area (TPSA) is 29.9 Å². The quantitative estimate of drug-likeness (QED) is 0.900. The molecular formula is C14H18FN3. The molecule has 0 saturated heterocycles. The van der Waals surface area contributed by atoms with Gasteiger partial charge in [-0.15, -0.1) is 0 Å². The summed E-state index contributed by atoms with van der Waals surface area (Å²) in [6.45, 7) is 4.13. The van der Waals surface area contributed by atoms with Crippen LogP contribution in [0.1, 0.15) is 37.3 Å². The zero-order chi connectivity index (χ0) is 13.1. The van der Waals surface area contributed by atoms with Gasteiger partial charge in [-0.3, -0.25) is 0 Å². The Bertz CT molecular complexity index is 504. The Morgan fingerprint density at radius 2 is 1.83 bits per heavy atom. The van der Waals surface area contributed by atoms with Gasteiger partial charge in [0, 0.05) is 25.5 Å². The SMILES string of the molecule is CC(N[C@@H](C)c1ccc(F)cc1)c1nccn1C. The number of imidazole rings is 1. The Kier molecular flexibility index (Phi) is 3.77. The van der Waals surface area contributed by atoms with Crippen LogP contribution < -0.4 is 5.32 Å². The molecule has 1 aromatic heterocycles. The van der Waals surface area contributed by atoms with Gasteiger partial charge in [-0.2, -0.15) is 0 Å². The van der Waals surface area contributed by atoms with E-state index >= 15 is 0 Å². The molecule has 1 heterocycles. The van der Waals surface area contributed by atoms with E-state index in [0.717, 1.165) is 11.4 Å². The van der Waals surface area contributed by atoms with E-state index in [0.29, 0.717) is 0 Å². The molecule has 0 aliphatic rings. The summed E-state index contributed by atoms with van der Waals surface area (Å²) in [5.74, 6) is 0.784. The predicted molar refractivity (Wildman–Crippen MR) is 69.6 cm³/mol. The summed E-state index contributed by atoms with van der Waals surface area (Å²) in [6, 6.07) is 6.87. The molecule has 1 aromatic carbocycles. The second-order valence-electron chi connectivity index (χ2n) is 4.56. The van der Waals surface area contributed by atoms with Crippen molar-refractivity contribution < 1.29 is 4.39 Å². The highest BCUT2D eigenvalue weighted by Crippen LogP contribution is 2.18. The van der Waals surface area contributed by atoms with Crippen molar-refractivity contribution in [2.45, 2.75) is 25.9 Å². The Morgan fingerprint density at radius 3 is 2.39 bits per heavy atom. The van der Waals surface area contributed by atoms with Crippen LogP contribution in [0.2, 0.25) is 0 Å². The number of aryl methyl sites for hydroxylation is 1. The van der Waals surface area contributed by atoms with Gasteiger partial charge in [0.2, 0.25) is 0 Å². The average molecular weight is 247 g/mol. The highest BCUT2D eigenvalue weighted by atomic mass is 19.1. The van der Waals surface area contributed by atoms with Crippen LogP contribution >= 0.6 is 0 Å². The molecule has 0 saturated carbocycles. The van der Waals surface area contributed by atoms with Crippen molar-refractivity contribution in [3.8, 4) is 0 Å². The van der Waals surface area contributed by atoms with E-state index in [-0.39, 0.29) is 17.9 Å². The van der Waals surface area contributed by atoms with Crippen molar-refractivity contribution in [2.24, 2.45) is 7.05 Å². The van der Waals surface area contributed by atoms with Crippen molar-refractivity contribution in [3.05, 3.63) is 53.9 Å². The van der Waals surface area contributed by atoms with Gasteiger partial charge in [-0.25, -0.2) is 9.37 Å². The standard InChI is InChI=1S/C14H18FN3/c1-10(12-4-6-13(15)7-5-12)17-11(2)14-16-8-9-18(14)3/h4-11,17H,1-3H3/t10-,11?/m0/s1. The van der Waals surface area contributed by atoms with E-state index in [4.69, 9.17) is 0 Å². The van der Waals surface area contributed by atoms with Crippen molar-refractivity contribution in [1.82, 2.24) is 14.9 Å². The third-order valence-electron chi connectivity index (χ3n) is 3.12. The summed E-state index contributed by atoms with van der Waals surface area (Å²) in [7, 11) is 1.98. The van der Waals surface area contributed by atoms with Crippen LogP contribution in [0.5, 0.6) is 0 Å². The van der Waals surface area contributed by atoms with Crippen molar-refractivity contribution >= 4 is 0 Å². The predicted octanol–water partition coefficient (Wildman–Crippen LogP) is 2.97. The summed E-state index contributed by atoms with van der Waals surface area (Å²) < 4.78 is 14.9. The fourth-order valence-electron chi connectivity index (χ4n) is 2.09. The molecule has 3 nitrogen and oxygen atoms in total. The molecule has 2 rings (SSSR count). The molecule has 0 aliphatic carbocycles. The molecule has 2 atom stereocenters. The molecule has 0 radical (unpaired) electrons. The molecule has 0 spiro atoms. The van der Waals surface area contributed by atoms with Crippen LogP contribution in [0.3, 0.4) is 0 Å². The number of hydrogen-bond acceptors (Lipinski definition) is 2. The number of nitrogens with one attached hydrogen (secondary N) is 1. The van der Waals surface area contributed by atoms with E-state index in [1.54, 1.807) is 18.3 Å². The van der Waals surface area contributed by atoms with Crippen LogP contribution in [0.15, 0.2) is 36.7 Å². The second-order valence-corrected chi connectivity index (χ2v) is 4.56. The van der Waals surface area contributed by atoms with E-state index < -0.39 is 0 Å². The summed E-state index contributed by atoms with van der Waals surface area (Å²) >= 11 is 0.